The summed E-state index contributed by atoms with van der Waals surface area (Å²) in [6.07, 6.45) is 5.50. The van der Waals surface area contributed by atoms with Gasteiger partial charge in [0, 0.05) is 58.9 Å². The van der Waals surface area contributed by atoms with Crippen molar-refractivity contribution in [1.29, 1.82) is 0 Å². The normalized spacial score (nSPS) is 24.4. The van der Waals surface area contributed by atoms with E-state index in [0.29, 0.717) is 12.1 Å². The molecule has 0 saturated carbocycles. The van der Waals surface area contributed by atoms with E-state index in [2.05, 4.69) is 30.9 Å². The van der Waals surface area contributed by atoms with E-state index in [1.165, 1.54) is 17.7 Å². The molecule has 4 N–H and O–H groups in total. The van der Waals surface area contributed by atoms with E-state index in [0.717, 1.165) is 54.1 Å². The molecule has 2 aromatic carbocycles. The number of benzene rings is 2. The Morgan fingerprint density at radius 1 is 0.905 bits per heavy atom. The molecule has 0 radical (unpaired) electrons. The molecule has 42 heavy (non-hydrogen) atoms. The first kappa shape index (κ1) is 30.4. The Morgan fingerprint density at radius 2 is 1.57 bits per heavy atom. The lowest BCUT2D eigenvalue weighted by Gasteiger charge is -2.37. The molecular weight excluding hydrogens is 552 g/mol. The van der Waals surface area contributed by atoms with Crippen LogP contribution in [0.3, 0.4) is 0 Å². The van der Waals surface area contributed by atoms with Crippen LogP contribution in [0.1, 0.15) is 65.0 Å². The molecule has 2 atom stereocenters. The quantitative estimate of drug-likeness (QED) is 0.219. The monoisotopic (exact) mass is 594 g/mol. The van der Waals surface area contributed by atoms with E-state index in [1.54, 1.807) is 6.07 Å². The summed E-state index contributed by atoms with van der Waals surface area (Å²) in [6.45, 7) is 11.8. The molecule has 2 heterocycles. The second kappa shape index (κ2) is 10.9. The third-order valence-electron chi connectivity index (χ3n) is 9.22. The average Bonchev–Trinajstić information content (AvgIpc) is 3.29. The van der Waals surface area contributed by atoms with Gasteiger partial charge in [0.2, 0.25) is 0 Å². The summed E-state index contributed by atoms with van der Waals surface area (Å²) in [6, 6.07) is 12.9. The molecule has 2 aromatic rings. The Labute approximate surface area is 249 Å². The summed E-state index contributed by atoms with van der Waals surface area (Å²) in [5.41, 5.74) is 5.27. The highest BCUT2D eigenvalue weighted by molar-refractivity contribution is 7.85. The fraction of sp³-hybridized carbons (Fsp3) is 0.455. The number of para-hydroxylation sites is 1. The van der Waals surface area contributed by atoms with Crippen molar-refractivity contribution in [2.45, 2.75) is 75.7 Å². The summed E-state index contributed by atoms with van der Waals surface area (Å²) in [5, 5.41) is 31.9. The van der Waals surface area contributed by atoms with Crippen molar-refractivity contribution in [3.8, 4) is 0 Å². The summed E-state index contributed by atoms with van der Waals surface area (Å²) in [4.78, 5) is 4.17. The van der Waals surface area contributed by atoms with Crippen LogP contribution in [0.4, 0.5) is 11.4 Å². The lowest BCUT2D eigenvalue weighted by molar-refractivity contribution is 0.112. The minimum atomic E-state index is -4.36. The van der Waals surface area contributed by atoms with Gasteiger partial charge in [-0.3, -0.25) is 4.55 Å². The number of aliphatic hydroxyl groups excluding tert-OH is 3. The van der Waals surface area contributed by atoms with Gasteiger partial charge in [-0.15, -0.1) is 0 Å². The molecule has 0 spiro atoms. The van der Waals surface area contributed by atoms with Crippen molar-refractivity contribution in [2.75, 3.05) is 29.5 Å². The van der Waals surface area contributed by atoms with E-state index in [1.807, 2.05) is 50.0 Å². The largest absolute Gasteiger partial charge is 0.511 e. The number of likely N-dealkylation sites (N-methyl/N-ethyl adjacent to an activating group) is 1. The number of hydrogen-bond acceptors (Lipinski definition) is 7. The molecule has 0 amide bonds. The van der Waals surface area contributed by atoms with E-state index in [-0.39, 0.29) is 22.7 Å². The lowest BCUT2D eigenvalue weighted by atomic mass is 9.75. The Hall–Kier alpha value is -3.11. The number of rotatable bonds is 9. The van der Waals surface area contributed by atoms with Gasteiger partial charge in [0.15, 0.2) is 0 Å². The minimum absolute atomic E-state index is 0.121. The first-order valence-corrected chi connectivity index (χ1v) is 16.1. The Kier molecular flexibility index (Phi) is 7.85. The number of unbranched alkanes of at least 4 members (excludes halogenated alkanes) is 2. The number of fused-ring (bicyclic) bond motifs is 2. The lowest BCUT2D eigenvalue weighted by Crippen LogP contribution is -2.38. The summed E-state index contributed by atoms with van der Waals surface area (Å²) in [5.74, 6) is -0.440. The first-order chi connectivity index (χ1) is 19.7. The number of nitrogens with zero attached hydrogens (tertiary/aromatic N) is 2. The van der Waals surface area contributed by atoms with Gasteiger partial charge in [0.1, 0.15) is 5.76 Å². The van der Waals surface area contributed by atoms with Crippen molar-refractivity contribution < 1.29 is 28.3 Å². The fourth-order valence-corrected chi connectivity index (χ4v) is 7.30. The molecule has 2 aliphatic heterocycles. The number of hydrogen-bond donors (Lipinski definition) is 4. The van der Waals surface area contributed by atoms with Crippen molar-refractivity contribution in [3.63, 3.8) is 0 Å². The van der Waals surface area contributed by atoms with Gasteiger partial charge in [-0.25, -0.2) is 0 Å². The van der Waals surface area contributed by atoms with E-state index >= 15 is 0 Å². The second-order valence-corrected chi connectivity index (χ2v) is 13.9. The minimum Gasteiger partial charge on any atom is -0.511 e. The Balaban J connectivity index is 1.50. The Bertz CT molecular complexity index is 1590. The van der Waals surface area contributed by atoms with E-state index in [9.17, 15) is 28.3 Å². The van der Waals surface area contributed by atoms with Crippen LogP contribution in [0, 0.1) is 5.92 Å². The molecule has 2 unspecified atom stereocenters. The first-order valence-electron chi connectivity index (χ1n) is 14.7. The molecule has 0 fully saturated rings. The van der Waals surface area contributed by atoms with Gasteiger partial charge >= 0.3 is 0 Å². The molecule has 5 rings (SSSR count). The van der Waals surface area contributed by atoms with Gasteiger partial charge in [-0.2, -0.15) is 8.42 Å². The molecule has 0 aromatic heterocycles. The van der Waals surface area contributed by atoms with Gasteiger partial charge < -0.3 is 25.1 Å². The van der Waals surface area contributed by atoms with Gasteiger partial charge in [-0.05, 0) is 67.7 Å². The predicted molar refractivity (Wildman–Crippen MR) is 165 cm³/mol. The zero-order valence-electron chi connectivity index (χ0n) is 25.0. The smallest absolute Gasteiger partial charge is 0.294 e. The maximum atomic E-state index is 11.8. The SMILES string of the molecule is CCN1/C(=C\C2=C(O)C(/C=C3/N(CCCCCO)c4ccccc4C3(C)C)C2O)C(C)(C)c2cc(S(=O)(=O)O)ccc21. The average molecular weight is 595 g/mol. The maximum Gasteiger partial charge on any atom is 0.294 e. The van der Waals surface area contributed by atoms with Crippen molar-refractivity contribution in [2.24, 2.45) is 5.92 Å². The predicted octanol–water partition coefficient (Wildman–Crippen LogP) is 5.58. The van der Waals surface area contributed by atoms with Crippen molar-refractivity contribution >= 4 is 21.5 Å². The number of anilines is 2. The fourth-order valence-electron chi connectivity index (χ4n) is 6.79. The molecule has 1 aliphatic carbocycles. The maximum absolute atomic E-state index is 11.8. The van der Waals surface area contributed by atoms with Crippen LogP contribution in [0.15, 0.2) is 82.2 Å². The molecule has 0 saturated heterocycles. The highest BCUT2D eigenvalue weighted by atomic mass is 32.2. The van der Waals surface area contributed by atoms with Gasteiger partial charge in [0.05, 0.1) is 16.9 Å². The highest BCUT2D eigenvalue weighted by Crippen LogP contribution is 2.52. The second-order valence-electron chi connectivity index (χ2n) is 12.5. The van der Waals surface area contributed by atoms with Crippen LogP contribution in [0.2, 0.25) is 0 Å². The van der Waals surface area contributed by atoms with E-state index in [4.69, 9.17) is 0 Å². The third-order valence-corrected chi connectivity index (χ3v) is 10.1. The zero-order chi connectivity index (χ0) is 30.6. The van der Waals surface area contributed by atoms with Gasteiger partial charge in [0.25, 0.3) is 10.1 Å². The van der Waals surface area contributed by atoms with Crippen LogP contribution in [-0.4, -0.2) is 54.1 Å². The standard InChI is InChI=1S/C33H42N2O6S/c1-6-34-27-15-14-21(42(39,40)41)18-25(27)33(4,5)28(34)19-22-30(37)23(31(22)38)20-29-32(2,3)24-12-8-9-13-26(24)35(29)16-10-7-11-17-36/h8-9,12-15,18-20,23,30,36-38H,6-7,10-11,16-17H2,1-5H3,(H,39,40,41)/b28-19-,29-20+. The van der Waals surface area contributed by atoms with Crippen LogP contribution >= 0.6 is 0 Å². The number of allylic oxidation sites excluding steroid dienone is 2. The molecular formula is C33H42N2O6S. The van der Waals surface area contributed by atoms with Crippen LogP contribution in [-0.2, 0) is 20.9 Å². The third kappa shape index (κ3) is 4.86. The molecule has 226 valence electrons. The Morgan fingerprint density at radius 3 is 2.21 bits per heavy atom. The molecule has 8 nitrogen and oxygen atoms in total. The molecule has 9 heteroatoms. The van der Waals surface area contributed by atoms with Crippen molar-refractivity contribution in [1.82, 2.24) is 0 Å². The zero-order valence-corrected chi connectivity index (χ0v) is 25.8. The molecule has 3 aliphatic rings. The topological polar surface area (TPSA) is 122 Å². The van der Waals surface area contributed by atoms with Crippen LogP contribution in [0.5, 0.6) is 0 Å². The highest BCUT2D eigenvalue weighted by Gasteiger charge is 2.46. The van der Waals surface area contributed by atoms with Crippen LogP contribution < -0.4 is 9.80 Å². The number of aliphatic hydroxyl groups is 3. The summed E-state index contributed by atoms with van der Waals surface area (Å²) in [7, 11) is -4.36. The van der Waals surface area contributed by atoms with Crippen molar-refractivity contribution in [3.05, 3.63) is 88.5 Å². The summed E-state index contributed by atoms with van der Waals surface area (Å²) < 4.78 is 33.3. The summed E-state index contributed by atoms with van der Waals surface area (Å²) >= 11 is 0. The van der Waals surface area contributed by atoms with Gasteiger partial charge in [-0.1, -0.05) is 52.0 Å². The molecule has 0 bridgehead atoms. The van der Waals surface area contributed by atoms with E-state index < -0.39 is 27.6 Å². The van der Waals surface area contributed by atoms with Crippen LogP contribution in [0.25, 0.3) is 0 Å².